The van der Waals surface area contributed by atoms with Crippen LogP contribution in [0.2, 0.25) is 5.02 Å². The Morgan fingerprint density at radius 2 is 1.90 bits per heavy atom. The number of benzene rings is 2. The van der Waals surface area contributed by atoms with Crippen molar-refractivity contribution >= 4 is 28.2 Å². The summed E-state index contributed by atoms with van der Waals surface area (Å²) in [4.78, 5) is 9.01. The fourth-order valence-corrected chi connectivity index (χ4v) is 3.56. The average molecular weight is 406 g/mol. The molecule has 4 rings (SSSR count). The van der Waals surface area contributed by atoms with Gasteiger partial charge in [-0.3, -0.25) is 4.98 Å². The zero-order chi connectivity index (χ0) is 20.4. The maximum absolute atomic E-state index is 11.0. The summed E-state index contributed by atoms with van der Waals surface area (Å²) in [6, 6.07) is 18.5. The van der Waals surface area contributed by atoms with Crippen LogP contribution in [0.1, 0.15) is 23.0 Å². The number of phenolic OH excluding ortho intramolecular Hbond substituents is 1. The van der Waals surface area contributed by atoms with Gasteiger partial charge in [-0.1, -0.05) is 35.9 Å². The van der Waals surface area contributed by atoms with E-state index in [1.54, 1.807) is 25.4 Å². The lowest BCUT2D eigenvalue weighted by Crippen LogP contribution is -2.14. The van der Waals surface area contributed by atoms with Crippen molar-refractivity contribution in [2.75, 3.05) is 12.4 Å². The van der Waals surface area contributed by atoms with Gasteiger partial charge < -0.3 is 15.2 Å². The van der Waals surface area contributed by atoms with Gasteiger partial charge >= 0.3 is 0 Å². The number of nitrogens with one attached hydrogen (secondary N) is 1. The zero-order valence-corrected chi connectivity index (χ0v) is 16.8. The number of halogens is 1. The van der Waals surface area contributed by atoms with Crippen LogP contribution in [0.3, 0.4) is 0 Å². The molecule has 0 radical (unpaired) electrons. The fourth-order valence-electron chi connectivity index (χ4n) is 3.30. The number of nitrogens with zero attached hydrogens (tertiary/aromatic N) is 2. The van der Waals surface area contributed by atoms with Crippen molar-refractivity contribution in [3.05, 3.63) is 88.8 Å². The summed E-state index contributed by atoms with van der Waals surface area (Å²) in [5.74, 6) is 0.730. The molecule has 146 valence electrons. The van der Waals surface area contributed by atoms with Gasteiger partial charge in [-0.2, -0.15) is 0 Å². The Balaban J connectivity index is 1.82. The van der Waals surface area contributed by atoms with Crippen molar-refractivity contribution < 1.29 is 9.84 Å². The molecule has 0 aliphatic rings. The van der Waals surface area contributed by atoms with Crippen molar-refractivity contribution in [2.45, 2.75) is 13.0 Å². The molecule has 0 spiro atoms. The molecular formula is C23H20ClN3O2. The van der Waals surface area contributed by atoms with Crippen LogP contribution in [0.25, 0.3) is 10.9 Å². The standard InChI is InChI=1S/C23H20ClN3O2/c1-14-6-7-15-8-10-17(23(28)21(15)26-14)22(19-5-3-4-12-25-19)27-16-9-11-20(29-2)18(24)13-16/h3-13,22,27-28H,1-2H3. The zero-order valence-electron chi connectivity index (χ0n) is 16.1. The van der Waals surface area contributed by atoms with E-state index in [1.807, 2.05) is 55.5 Å². The van der Waals surface area contributed by atoms with Crippen LogP contribution in [0, 0.1) is 6.92 Å². The number of phenols is 1. The molecule has 2 heterocycles. The number of aryl methyl sites for hydroxylation is 1. The third kappa shape index (κ3) is 3.82. The maximum Gasteiger partial charge on any atom is 0.147 e. The van der Waals surface area contributed by atoms with Crippen molar-refractivity contribution in [3.8, 4) is 11.5 Å². The molecule has 2 aromatic carbocycles. The van der Waals surface area contributed by atoms with E-state index in [-0.39, 0.29) is 5.75 Å². The van der Waals surface area contributed by atoms with Gasteiger partial charge in [-0.15, -0.1) is 0 Å². The summed E-state index contributed by atoms with van der Waals surface area (Å²) in [5.41, 5.74) is 3.64. The van der Waals surface area contributed by atoms with E-state index in [1.165, 1.54) is 0 Å². The molecule has 0 aliphatic heterocycles. The molecule has 1 atom stereocenters. The number of methoxy groups -OCH3 is 1. The van der Waals surface area contributed by atoms with Gasteiger partial charge in [0, 0.05) is 28.5 Å². The number of fused-ring (bicyclic) bond motifs is 1. The highest BCUT2D eigenvalue weighted by Crippen LogP contribution is 2.37. The number of aromatic nitrogens is 2. The predicted molar refractivity (Wildman–Crippen MR) is 116 cm³/mol. The monoisotopic (exact) mass is 405 g/mol. The molecule has 2 aromatic heterocycles. The summed E-state index contributed by atoms with van der Waals surface area (Å²) >= 11 is 6.29. The SMILES string of the molecule is COc1ccc(NC(c2ccccn2)c2ccc3ccc(C)nc3c2O)cc1Cl. The van der Waals surface area contributed by atoms with Crippen LogP contribution in [0.4, 0.5) is 5.69 Å². The molecule has 0 amide bonds. The van der Waals surface area contributed by atoms with Crippen LogP contribution in [-0.2, 0) is 0 Å². The Morgan fingerprint density at radius 1 is 1.07 bits per heavy atom. The molecule has 0 saturated heterocycles. The Morgan fingerprint density at radius 3 is 2.62 bits per heavy atom. The molecule has 0 fully saturated rings. The lowest BCUT2D eigenvalue weighted by molar-refractivity contribution is 0.415. The summed E-state index contributed by atoms with van der Waals surface area (Å²) < 4.78 is 5.23. The molecule has 6 heteroatoms. The molecule has 0 saturated carbocycles. The first-order chi connectivity index (χ1) is 14.1. The lowest BCUT2D eigenvalue weighted by Gasteiger charge is -2.22. The van der Waals surface area contributed by atoms with E-state index in [0.717, 1.165) is 22.5 Å². The van der Waals surface area contributed by atoms with Crippen molar-refractivity contribution in [1.29, 1.82) is 0 Å². The second-order valence-electron chi connectivity index (χ2n) is 6.71. The molecule has 29 heavy (non-hydrogen) atoms. The summed E-state index contributed by atoms with van der Waals surface area (Å²) in [7, 11) is 1.58. The predicted octanol–water partition coefficient (Wildman–Crippen LogP) is 5.51. The Labute approximate surface area is 174 Å². The van der Waals surface area contributed by atoms with Crippen molar-refractivity contribution in [3.63, 3.8) is 0 Å². The number of aromatic hydroxyl groups is 1. The minimum absolute atomic E-state index is 0.133. The summed E-state index contributed by atoms with van der Waals surface area (Å²) in [5, 5.41) is 15.9. The number of hydrogen-bond donors (Lipinski definition) is 2. The second-order valence-corrected chi connectivity index (χ2v) is 7.12. The van der Waals surface area contributed by atoms with Gasteiger partial charge in [-0.25, -0.2) is 4.98 Å². The molecule has 4 aromatic rings. The Bertz CT molecular complexity index is 1170. The maximum atomic E-state index is 11.0. The number of anilines is 1. The topological polar surface area (TPSA) is 67.3 Å². The highest BCUT2D eigenvalue weighted by molar-refractivity contribution is 6.32. The van der Waals surface area contributed by atoms with Crippen LogP contribution >= 0.6 is 11.6 Å². The average Bonchev–Trinajstić information content (AvgIpc) is 2.74. The van der Waals surface area contributed by atoms with E-state index < -0.39 is 6.04 Å². The van der Waals surface area contributed by atoms with Crippen LogP contribution in [-0.4, -0.2) is 22.2 Å². The molecule has 1 unspecified atom stereocenters. The van der Waals surface area contributed by atoms with Gasteiger partial charge in [0.15, 0.2) is 0 Å². The molecule has 0 bridgehead atoms. The van der Waals surface area contributed by atoms with Gasteiger partial charge in [0.1, 0.15) is 17.0 Å². The first-order valence-corrected chi connectivity index (χ1v) is 9.55. The quantitative estimate of drug-likeness (QED) is 0.458. The van der Waals surface area contributed by atoms with Crippen LogP contribution < -0.4 is 10.1 Å². The van der Waals surface area contributed by atoms with E-state index in [0.29, 0.717) is 21.9 Å². The number of ether oxygens (including phenoxy) is 1. The molecular weight excluding hydrogens is 386 g/mol. The van der Waals surface area contributed by atoms with Crippen molar-refractivity contribution in [1.82, 2.24) is 9.97 Å². The minimum atomic E-state index is -0.396. The fraction of sp³-hybridized carbons (Fsp3) is 0.130. The molecule has 5 nitrogen and oxygen atoms in total. The van der Waals surface area contributed by atoms with Gasteiger partial charge in [0.25, 0.3) is 0 Å². The normalized spacial score (nSPS) is 12.0. The smallest absolute Gasteiger partial charge is 0.147 e. The number of rotatable bonds is 5. The first kappa shape index (κ1) is 19.0. The van der Waals surface area contributed by atoms with Gasteiger partial charge in [0.2, 0.25) is 0 Å². The van der Waals surface area contributed by atoms with E-state index in [4.69, 9.17) is 16.3 Å². The third-order valence-electron chi connectivity index (χ3n) is 4.76. The number of pyridine rings is 2. The third-order valence-corrected chi connectivity index (χ3v) is 5.06. The number of hydrogen-bond acceptors (Lipinski definition) is 5. The van der Waals surface area contributed by atoms with Crippen LogP contribution in [0.15, 0.2) is 66.9 Å². The Hall–Kier alpha value is -3.31. The first-order valence-electron chi connectivity index (χ1n) is 9.17. The van der Waals surface area contributed by atoms with Crippen molar-refractivity contribution in [2.24, 2.45) is 0 Å². The largest absolute Gasteiger partial charge is 0.505 e. The van der Waals surface area contributed by atoms with E-state index in [9.17, 15) is 5.11 Å². The summed E-state index contributed by atoms with van der Waals surface area (Å²) in [6.45, 7) is 1.90. The lowest BCUT2D eigenvalue weighted by atomic mass is 9.99. The molecule has 2 N–H and O–H groups in total. The minimum Gasteiger partial charge on any atom is -0.505 e. The van der Waals surface area contributed by atoms with Crippen LogP contribution in [0.5, 0.6) is 11.5 Å². The highest BCUT2D eigenvalue weighted by Gasteiger charge is 2.21. The Kier molecular flexibility index (Phi) is 5.23. The highest BCUT2D eigenvalue weighted by atomic mass is 35.5. The second kappa shape index (κ2) is 7.97. The van der Waals surface area contributed by atoms with Gasteiger partial charge in [-0.05, 0) is 43.3 Å². The van der Waals surface area contributed by atoms with E-state index in [2.05, 4.69) is 15.3 Å². The van der Waals surface area contributed by atoms with E-state index >= 15 is 0 Å². The summed E-state index contributed by atoms with van der Waals surface area (Å²) in [6.07, 6.45) is 1.73. The molecule has 0 aliphatic carbocycles. The van der Waals surface area contributed by atoms with Gasteiger partial charge in [0.05, 0.1) is 23.9 Å².